The third-order valence-electron chi connectivity index (χ3n) is 4.05. The number of aromatic nitrogens is 4. The van der Waals surface area contributed by atoms with E-state index in [9.17, 15) is 9.59 Å². The highest BCUT2D eigenvalue weighted by molar-refractivity contribution is 6.29. The predicted molar refractivity (Wildman–Crippen MR) is 86.1 cm³/mol. The van der Waals surface area contributed by atoms with Crippen LogP contribution in [0.5, 0.6) is 0 Å². The molecule has 4 heterocycles. The van der Waals surface area contributed by atoms with Crippen LogP contribution in [0.15, 0.2) is 41.5 Å². The van der Waals surface area contributed by atoms with Gasteiger partial charge in [-0.2, -0.15) is 4.98 Å². The van der Waals surface area contributed by atoms with E-state index < -0.39 is 11.7 Å². The Morgan fingerprint density at radius 3 is 2.88 bits per heavy atom. The lowest BCUT2D eigenvalue weighted by atomic mass is 10.2. The molecule has 1 atom stereocenters. The number of imidazole rings is 1. The van der Waals surface area contributed by atoms with Crippen LogP contribution < -0.4 is 5.69 Å². The van der Waals surface area contributed by atoms with Crippen molar-refractivity contribution in [2.45, 2.75) is 19.0 Å². The first-order chi connectivity index (χ1) is 11.6. The largest absolute Gasteiger partial charge is 0.464 e. The van der Waals surface area contributed by atoms with Crippen LogP contribution in [0, 0.1) is 0 Å². The monoisotopic (exact) mass is 344 g/mol. The number of nitrogens with zero attached hydrogens (tertiary/aromatic N) is 4. The SMILES string of the molecule is O=C1OCCC1n1c2cccn(Cc3ccc(Cl)nc3)c-2nc1=O. The summed E-state index contributed by atoms with van der Waals surface area (Å²) in [5, 5.41) is 0.424. The average Bonchev–Trinajstić information content (AvgIpc) is 3.12. The van der Waals surface area contributed by atoms with E-state index in [4.69, 9.17) is 16.3 Å². The number of fused-ring (bicyclic) bond motifs is 1. The van der Waals surface area contributed by atoms with Gasteiger partial charge < -0.3 is 9.30 Å². The van der Waals surface area contributed by atoms with Gasteiger partial charge in [0.15, 0.2) is 5.82 Å². The molecular formula is C16H13ClN4O3. The Morgan fingerprint density at radius 1 is 1.29 bits per heavy atom. The van der Waals surface area contributed by atoms with Crippen molar-refractivity contribution in [3.63, 3.8) is 0 Å². The molecule has 0 aromatic carbocycles. The third-order valence-corrected chi connectivity index (χ3v) is 4.27. The summed E-state index contributed by atoms with van der Waals surface area (Å²) in [4.78, 5) is 32.3. The van der Waals surface area contributed by atoms with E-state index in [1.165, 1.54) is 4.57 Å². The molecule has 0 N–H and O–H groups in total. The van der Waals surface area contributed by atoms with Crippen LogP contribution in [0.2, 0.25) is 5.15 Å². The molecule has 3 aliphatic heterocycles. The molecule has 0 aliphatic carbocycles. The molecule has 3 aliphatic rings. The molecule has 1 unspecified atom stereocenters. The Hall–Kier alpha value is -2.67. The van der Waals surface area contributed by atoms with Crippen LogP contribution in [0.3, 0.4) is 0 Å². The van der Waals surface area contributed by atoms with Crippen LogP contribution in [-0.4, -0.2) is 31.7 Å². The van der Waals surface area contributed by atoms with Gasteiger partial charge in [0.05, 0.1) is 18.8 Å². The molecule has 1 saturated heterocycles. The number of ether oxygens (including phenoxy) is 1. The highest BCUT2D eigenvalue weighted by atomic mass is 35.5. The lowest BCUT2D eigenvalue weighted by Crippen LogP contribution is -2.25. The summed E-state index contributed by atoms with van der Waals surface area (Å²) in [6.45, 7) is 0.818. The topological polar surface area (TPSA) is 79.0 Å². The standard InChI is InChI=1S/C16H13ClN4O3/c17-13-4-3-10(8-18-13)9-20-6-1-2-11-14(20)19-16(23)21(11)12-5-7-24-15(12)22/h1-4,6,8,12H,5,7,9H2. The number of carbonyl (C=O) groups is 1. The molecule has 0 radical (unpaired) electrons. The second-order valence-electron chi connectivity index (χ2n) is 5.57. The summed E-state index contributed by atoms with van der Waals surface area (Å²) in [6.07, 6.45) is 3.99. The van der Waals surface area contributed by atoms with Gasteiger partial charge >= 0.3 is 11.7 Å². The van der Waals surface area contributed by atoms with Gasteiger partial charge in [-0.15, -0.1) is 0 Å². The molecule has 1 aromatic heterocycles. The number of cyclic esters (lactones) is 1. The minimum atomic E-state index is -0.601. The number of carbonyl (C=O) groups excluding carboxylic acids is 1. The second-order valence-corrected chi connectivity index (χ2v) is 5.96. The highest BCUT2D eigenvalue weighted by Gasteiger charge is 2.33. The molecule has 4 rings (SSSR count). The Labute approximate surface area is 141 Å². The first kappa shape index (κ1) is 14.9. The molecule has 0 spiro atoms. The number of halogens is 1. The first-order valence-electron chi connectivity index (χ1n) is 7.48. The van der Waals surface area contributed by atoms with Gasteiger partial charge in [0, 0.05) is 18.8 Å². The summed E-state index contributed by atoms with van der Waals surface area (Å²) in [5.41, 5.74) is 1.11. The van der Waals surface area contributed by atoms with Gasteiger partial charge in [0.25, 0.3) is 0 Å². The highest BCUT2D eigenvalue weighted by Crippen LogP contribution is 2.27. The maximum atomic E-state index is 12.3. The van der Waals surface area contributed by atoms with Crippen molar-refractivity contribution in [3.8, 4) is 11.5 Å². The zero-order valence-corrected chi connectivity index (χ0v) is 13.3. The van der Waals surface area contributed by atoms with Crippen molar-refractivity contribution in [2.75, 3.05) is 6.61 Å². The summed E-state index contributed by atoms with van der Waals surface area (Å²) in [7, 11) is 0. The van der Waals surface area contributed by atoms with Crippen LogP contribution in [0.25, 0.3) is 11.5 Å². The van der Waals surface area contributed by atoms with Gasteiger partial charge in [-0.25, -0.2) is 14.6 Å². The molecule has 0 amide bonds. The Balaban J connectivity index is 1.74. The van der Waals surface area contributed by atoms with Gasteiger partial charge in [0.1, 0.15) is 11.2 Å². The van der Waals surface area contributed by atoms with Crippen molar-refractivity contribution in [1.82, 2.24) is 19.1 Å². The Kier molecular flexibility index (Phi) is 3.57. The molecule has 24 heavy (non-hydrogen) atoms. The quantitative estimate of drug-likeness (QED) is 0.534. The zero-order valence-electron chi connectivity index (χ0n) is 12.6. The number of hydrogen-bond acceptors (Lipinski definition) is 5. The maximum Gasteiger partial charge on any atom is 0.350 e. The molecule has 7 nitrogen and oxygen atoms in total. The van der Waals surface area contributed by atoms with Crippen molar-refractivity contribution < 1.29 is 9.53 Å². The van der Waals surface area contributed by atoms with Crippen molar-refractivity contribution in [3.05, 3.63) is 57.9 Å². The normalized spacial score (nSPS) is 17.4. The molecule has 122 valence electrons. The molecular weight excluding hydrogens is 332 g/mol. The van der Waals surface area contributed by atoms with E-state index in [1.807, 2.05) is 22.9 Å². The van der Waals surface area contributed by atoms with Crippen molar-refractivity contribution in [2.24, 2.45) is 0 Å². The smallest absolute Gasteiger partial charge is 0.350 e. The fourth-order valence-corrected chi connectivity index (χ4v) is 3.04. The lowest BCUT2D eigenvalue weighted by Gasteiger charge is -2.14. The number of pyridine rings is 2. The van der Waals surface area contributed by atoms with Crippen LogP contribution in [0.4, 0.5) is 0 Å². The number of esters is 1. The second kappa shape index (κ2) is 5.76. The fourth-order valence-electron chi connectivity index (χ4n) is 2.93. The zero-order chi connectivity index (χ0) is 16.7. The van der Waals surface area contributed by atoms with Gasteiger partial charge in [-0.3, -0.25) is 4.57 Å². The summed E-state index contributed by atoms with van der Waals surface area (Å²) in [6, 6.07) is 6.58. The van der Waals surface area contributed by atoms with Crippen LogP contribution >= 0.6 is 11.6 Å². The lowest BCUT2D eigenvalue weighted by molar-refractivity contribution is -0.140. The minimum absolute atomic E-state index is 0.325. The summed E-state index contributed by atoms with van der Waals surface area (Å²) in [5.74, 6) is 0.140. The van der Waals surface area contributed by atoms with E-state index >= 15 is 0 Å². The number of hydrogen-bond donors (Lipinski definition) is 0. The molecule has 0 saturated carbocycles. The molecule has 1 fully saturated rings. The number of rotatable bonds is 3. The first-order valence-corrected chi connectivity index (χ1v) is 7.86. The van der Waals surface area contributed by atoms with Gasteiger partial charge in [-0.05, 0) is 23.8 Å². The van der Waals surface area contributed by atoms with Gasteiger partial charge in [-0.1, -0.05) is 17.7 Å². The van der Waals surface area contributed by atoms with Crippen LogP contribution in [0.1, 0.15) is 18.0 Å². The molecule has 8 heteroatoms. The maximum absolute atomic E-state index is 12.3. The fraction of sp³-hybridized carbons (Fsp3) is 0.250. The predicted octanol–water partition coefficient (Wildman–Crippen LogP) is 1.73. The molecule has 0 bridgehead atoms. The van der Waals surface area contributed by atoms with Crippen molar-refractivity contribution in [1.29, 1.82) is 0 Å². The van der Waals surface area contributed by atoms with E-state index in [2.05, 4.69) is 9.97 Å². The van der Waals surface area contributed by atoms with E-state index in [0.29, 0.717) is 36.2 Å². The molecule has 1 aromatic rings. The van der Waals surface area contributed by atoms with E-state index in [-0.39, 0.29) is 5.97 Å². The average molecular weight is 345 g/mol. The van der Waals surface area contributed by atoms with Crippen LogP contribution in [-0.2, 0) is 16.1 Å². The Bertz CT molecular complexity index is 931. The van der Waals surface area contributed by atoms with Gasteiger partial charge in [0.2, 0.25) is 0 Å². The van der Waals surface area contributed by atoms with E-state index in [0.717, 1.165) is 5.56 Å². The summed E-state index contributed by atoms with van der Waals surface area (Å²) < 4.78 is 8.24. The van der Waals surface area contributed by atoms with Crippen molar-refractivity contribution >= 4 is 17.6 Å². The third kappa shape index (κ3) is 2.46. The van der Waals surface area contributed by atoms with E-state index in [1.54, 1.807) is 18.3 Å². The summed E-state index contributed by atoms with van der Waals surface area (Å²) >= 11 is 5.80. The minimum Gasteiger partial charge on any atom is -0.464 e. The Morgan fingerprint density at radius 2 is 2.17 bits per heavy atom.